The van der Waals surface area contributed by atoms with Crippen LogP contribution in [0.1, 0.15) is 44.7 Å². The summed E-state index contributed by atoms with van der Waals surface area (Å²) in [6.45, 7) is 5.22. The molecular formula is C15H26N2O. The summed E-state index contributed by atoms with van der Waals surface area (Å²) in [7, 11) is 1.68. The Morgan fingerprint density at radius 2 is 1.94 bits per heavy atom. The van der Waals surface area contributed by atoms with E-state index in [9.17, 15) is 0 Å². The lowest BCUT2D eigenvalue weighted by Crippen LogP contribution is -2.35. The van der Waals surface area contributed by atoms with Crippen LogP contribution in [0, 0.1) is 0 Å². The average Bonchev–Trinajstić information content (AvgIpc) is 2.42. The summed E-state index contributed by atoms with van der Waals surface area (Å²) < 4.78 is 5.15. The van der Waals surface area contributed by atoms with Gasteiger partial charge in [-0.2, -0.15) is 0 Å². The van der Waals surface area contributed by atoms with Gasteiger partial charge in [-0.05, 0) is 31.0 Å². The molecule has 0 aliphatic rings. The first kappa shape index (κ1) is 15.0. The van der Waals surface area contributed by atoms with Gasteiger partial charge < -0.3 is 15.8 Å². The van der Waals surface area contributed by atoms with Crippen LogP contribution in [0.15, 0.2) is 24.3 Å². The summed E-state index contributed by atoms with van der Waals surface area (Å²) in [5.74, 6) is 0.894. The molecular weight excluding hydrogens is 224 g/mol. The predicted molar refractivity (Wildman–Crippen MR) is 76.9 cm³/mol. The van der Waals surface area contributed by atoms with Crippen molar-refractivity contribution in [3.8, 4) is 5.75 Å². The van der Waals surface area contributed by atoms with E-state index < -0.39 is 0 Å². The molecule has 0 saturated heterocycles. The summed E-state index contributed by atoms with van der Waals surface area (Å²) in [6.07, 6.45) is 3.51. The van der Waals surface area contributed by atoms with Crippen LogP contribution in [0.2, 0.25) is 0 Å². The highest BCUT2D eigenvalue weighted by molar-refractivity contribution is 5.28. The van der Waals surface area contributed by atoms with Crippen molar-refractivity contribution in [2.75, 3.05) is 13.7 Å². The smallest absolute Gasteiger partial charge is 0.118 e. The number of nitrogens with two attached hydrogens (primary N) is 1. The molecule has 0 aliphatic heterocycles. The Kier molecular flexibility index (Phi) is 6.76. The van der Waals surface area contributed by atoms with Crippen molar-refractivity contribution in [2.45, 2.75) is 45.2 Å². The van der Waals surface area contributed by atoms with Crippen LogP contribution in [-0.2, 0) is 0 Å². The summed E-state index contributed by atoms with van der Waals surface area (Å²) in [4.78, 5) is 0. The van der Waals surface area contributed by atoms with Crippen molar-refractivity contribution in [1.82, 2.24) is 5.32 Å². The van der Waals surface area contributed by atoms with Crippen molar-refractivity contribution in [3.63, 3.8) is 0 Å². The third-order valence-electron chi connectivity index (χ3n) is 3.23. The van der Waals surface area contributed by atoms with Gasteiger partial charge in [-0.3, -0.25) is 0 Å². The van der Waals surface area contributed by atoms with E-state index in [0.29, 0.717) is 6.04 Å². The van der Waals surface area contributed by atoms with E-state index in [1.54, 1.807) is 7.11 Å². The highest BCUT2D eigenvalue weighted by Crippen LogP contribution is 2.17. The Labute approximate surface area is 111 Å². The maximum absolute atomic E-state index is 6.05. The molecule has 18 heavy (non-hydrogen) atoms. The molecule has 3 N–H and O–H groups in total. The molecule has 0 fully saturated rings. The Hall–Kier alpha value is -1.06. The van der Waals surface area contributed by atoms with E-state index >= 15 is 0 Å². The average molecular weight is 250 g/mol. The Balaban J connectivity index is 2.37. The van der Waals surface area contributed by atoms with Gasteiger partial charge in [0.2, 0.25) is 0 Å². The minimum Gasteiger partial charge on any atom is -0.497 e. The largest absolute Gasteiger partial charge is 0.497 e. The van der Waals surface area contributed by atoms with Gasteiger partial charge in [-0.1, -0.05) is 31.9 Å². The number of ether oxygens (including phenoxy) is 1. The monoisotopic (exact) mass is 250 g/mol. The second-order valence-electron chi connectivity index (χ2n) is 4.81. The second-order valence-corrected chi connectivity index (χ2v) is 4.81. The van der Waals surface area contributed by atoms with Gasteiger partial charge in [0.05, 0.1) is 7.11 Å². The van der Waals surface area contributed by atoms with E-state index in [1.165, 1.54) is 18.4 Å². The van der Waals surface area contributed by atoms with Crippen LogP contribution in [0.4, 0.5) is 0 Å². The summed E-state index contributed by atoms with van der Waals surface area (Å²) in [5.41, 5.74) is 7.31. The lowest BCUT2D eigenvalue weighted by atomic mass is 10.1. The van der Waals surface area contributed by atoms with Crippen LogP contribution in [-0.4, -0.2) is 19.7 Å². The second kappa shape index (κ2) is 8.11. The van der Waals surface area contributed by atoms with Crippen molar-refractivity contribution in [2.24, 2.45) is 5.73 Å². The highest BCUT2D eigenvalue weighted by atomic mass is 16.5. The first-order valence-corrected chi connectivity index (χ1v) is 6.80. The Morgan fingerprint density at radius 1 is 1.28 bits per heavy atom. The van der Waals surface area contributed by atoms with E-state index in [2.05, 4.69) is 31.3 Å². The van der Waals surface area contributed by atoms with Crippen LogP contribution >= 0.6 is 0 Å². The molecule has 102 valence electrons. The molecule has 0 aromatic heterocycles. The molecule has 1 rings (SSSR count). The van der Waals surface area contributed by atoms with Crippen molar-refractivity contribution in [3.05, 3.63) is 29.8 Å². The van der Waals surface area contributed by atoms with Gasteiger partial charge in [0, 0.05) is 18.6 Å². The van der Waals surface area contributed by atoms with Crippen LogP contribution in [0.3, 0.4) is 0 Å². The number of hydrogen-bond acceptors (Lipinski definition) is 3. The zero-order valence-corrected chi connectivity index (χ0v) is 11.8. The molecule has 3 nitrogen and oxygen atoms in total. The molecule has 0 aliphatic carbocycles. The standard InChI is InChI=1S/C15H26N2O/c1-4-5-6-14(16)11-17-12(2)13-7-9-15(18-3)10-8-13/h7-10,12,14,17H,4-6,11,16H2,1-3H3. The van der Waals surface area contributed by atoms with E-state index in [-0.39, 0.29) is 6.04 Å². The summed E-state index contributed by atoms with van der Waals surface area (Å²) >= 11 is 0. The fourth-order valence-electron chi connectivity index (χ4n) is 1.91. The Bertz CT molecular complexity index is 324. The van der Waals surface area contributed by atoms with E-state index in [0.717, 1.165) is 18.7 Å². The summed E-state index contributed by atoms with van der Waals surface area (Å²) in [6, 6.07) is 8.74. The van der Waals surface area contributed by atoms with E-state index in [1.807, 2.05) is 12.1 Å². The Morgan fingerprint density at radius 3 is 2.50 bits per heavy atom. The van der Waals surface area contributed by atoms with Gasteiger partial charge in [0.1, 0.15) is 5.75 Å². The number of unbranched alkanes of at least 4 members (excludes halogenated alkanes) is 1. The number of rotatable bonds is 8. The predicted octanol–water partition coefficient (Wildman–Crippen LogP) is 2.86. The van der Waals surface area contributed by atoms with E-state index in [4.69, 9.17) is 10.5 Å². The van der Waals surface area contributed by atoms with Gasteiger partial charge in [-0.15, -0.1) is 0 Å². The fraction of sp³-hybridized carbons (Fsp3) is 0.600. The molecule has 0 heterocycles. The molecule has 1 aromatic carbocycles. The maximum atomic E-state index is 6.05. The number of benzene rings is 1. The lowest BCUT2D eigenvalue weighted by Gasteiger charge is -2.18. The molecule has 1 aromatic rings. The normalized spacial score (nSPS) is 14.2. The highest BCUT2D eigenvalue weighted by Gasteiger charge is 2.07. The third-order valence-corrected chi connectivity index (χ3v) is 3.23. The molecule has 0 spiro atoms. The van der Waals surface area contributed by atoms with Gasteiger partial charge in [0.25, 0.3) is 0 Å². The first-order chi connectivity index (χ1) is 8.67. The SMILES string of the molecule is CCCCC(N)CNC(C)c1ccc(OC)cc1. The molecule has 2 atom stereocenters. The van der Waals surface area contributed by atoms with Crippen LogP contribution < -0.4 is 15.8 Å². The van der Waals surface area contributed by atoms with Crippen molar-refractivity contribution < 1.29 is 4.74 Å². The molecule has 0 saturated carbocycles. The topological polar surface area (TPSA) is 47.3 Å². The quantitative estimate of drug-likeness (QED) is 0.746. The zero-order valence-electron chi connectivity index (χ0n) is 11.8. The van der Waals surface area contributed by atoms with Gasteiger partial charge >= 0.3 is 0 Å². The first-order valence-electron chi connectivity index (χ1n) is 6.80. The fourth-order valence-corrected chi connectivity index (χ4v) is 1.91. The number of methoxy groups -OCH3 is 1. The number of nitrogens with one attached hydrogen (secondary N) is 1. The zero-order chi connectivity index (χ0) is 13.4. The molecule has 0 radical (unpaired) electrons. The van der Waals surface area contributed by atoms with Crippen molar-refractivity contribution >= 4 is 0 Å². The van der Waals surface area contributed by atoms with Gasteiger partial charge in [-0.25, -0.2) is 0 Å². The lowest BCUT2D eigenvalue weighted by molar-refractivity contribution is 0.414. The molecule has 2 unspecified atom stereocenters. The molecule has 0 bridgehead atoms. The number of hydrogen-bond donors (Lipinski definition) is 2. The minimum atomic E-state index is 0.255. The van der Waals surface area contributed by atoms with Crippen LogP contribution in [0.5, 0.6) is 5.75 Å². The maximum Gasteiger partial charge on any atom is 0.118 e. The molecule has 0 amide bonds. The van der Waals surface area contributed by atoms with Gasteiger partial charge in [0.15, 0.2) is 0 Å². The third kappa shape index (κ3) is 5.07. The summed E-state index contributed by atoms with van der Waals surface area (Å²) in [5, 5.41) is 3.48. The van der Waals surface area contributed by atoms with Crippen LogP contribution in [0.25, 0.3) is 0 Å². The van der Waals surface area contributed by atoms with Crippen molar-refractivity contribution in [1.29, 1.82) is 0 Å². The minimum absolute atomic E-state index is 0.255. The molecule has 3 heteroatoms.